The Hall–Kier alpha value is -2.09. The van der Waals surface area contributed by atoms with Crippen LogP contribution in [0.5, 0.6) is 0 Å². The van der Waals surface area contributed by atoms with Gasteiger partial charge in [-0.15, -0.1) is 0 Å². The summed E-state index contributed by atoms with van der Waals surface area (Å²) in [7, 11) is -2.08. The van der Waals surface area contributed by atoms with E-state index >= 15 is 0 Å². The topological polar surface area (TPSA) is 116 Å². The molecule has 7 nitrogen and oxygen atoms in total. The first kappa shape index (κ1) is 17.0. The highest BCUT2D eigenvalue weighted by molar-refractivity contribution is 7.90. The monoisotopic (exact) mass is 314 g/mol. The Balaban J connectivity index is 2.81. The summed E-state index contributed by atoms with van der Waals surface area (Å²) in [6.07, 6.45) is 1.00. The molecule has 0 aliphatic rings. The number of rotatable bonds is 6. The van der Waals surface area contributed by atoms with E-state index in [4.69, 9.17) is 5.73 Å². The Morgan fingerprint density at radius 1 is 1.38 bits per heavy atom. The third kappa shape index (κ3) is 5.82. The lowest BCUT2D eigenvalue weighted by Gasteiger charge is -2.16. The maximum atomic E-state index is 12.0. The fourth-order valence-corrected chi connectivity index (χ4v) is 2.31. The number of nitrogen functional groups attached to an aromatic ring is 1. The molecule has 0 unspecified atom stereocenters. The Bertz CT molecular complexity index is 627. The zero-order valence-electron chi connectivity index (χ0n) is 11.8. The highest BCUT2D eigenvalue weighted by Crippen LogP contribution is 2.08. The Morgan fingerprint density at radius 3 is 2.57 bits per heavy atom. The van der Waals surface area contributed by atoms with Crippen molar-refractivity contribution in [2.45, 2.75) is 12.5 Å². The number of amides is 1. The number of nitrogens with one attached hydrogen (secondary N) is 1. The average molecular weight is 314 g/mol. The summed E-state index contributed by atoms with van der Waals surface area (Å²) in [5.74, 6) is -1.45. The molecule has 1 aromatic carbocycles. The molecule has 0 aliphatic heterocycles. The lowest BCUT2D eigenvalue weighted by molar-refractivity contribution is -0.142. The van der Waals surface area contributed by atoms with Gasteiger partial charge in [-0.3, -0.25) is 4.79 Å². The van der Waals surface area contributed by atoms with E-state index in [9.17, 15) is 18.0 Å². The maximum absolute atomic E-state index is 12.0. The molecule has 0 aromatic heterocycles. The summed E-state index contributed by atoms with van der Waals surface area (Å²) in [5, 5.41) is 2.45. The second-order valence-electron chi connectivity index (χ2n) is 4.59. The van der Waals surface area contributed by atoms with Crippen LogP contribution < -0.4 is 11.1 Å². The van der Waals surface area contributed by atoms with Gasteiger partial charge >= 0.3 is 5.97 Å². The summed E-state index contributed by atoms with van der Waals surface area (Å²) in [6.45, 7) is 0. The van der Waals surface area contributed by atoms with Crippen LogP contribution in [0, 0.1) is 0 Å². The SMILES string of the molecule is COC(=O)[C@@H](CCS(C)(=O)=O)NC(=O)c1cccc(N)c1. The second kappa shape index (κ2) is 7.07. The number of esters is 1. The van der Waals surface area contributed by atoms with Crippen molar-refractivity contribution in [3.8, 4) is 0 Å². The van der Waals surface area contributed by atoms with E-state index in [1.807, 2.05) is 0 Å². The normalized spacial score (nSPS) is 12.5. The largest absolute Gasteiger partial charge is 0.467 e. The number of hydrogen-bond acceptors (Lipinski definition) is 6. The molecule has 0 radical (unpaired) electrons. The van der Waals surface area contributed by atoms with Crippen molar-refractivity contribution < 1.29 is 22.7 Å². The number of sulfone groups is 1. The summed E-state index contributed by atoms with van der Waals surface area (Å²) in [4.78, 5) is 23.6. The second-order valence-corrected chi connectivity index (χ2v) is 6.85. The fraction of sp³-hybridized carbons (Fsp3) is 0.385. The zero-order chi connectivity index (χ0) is 16.0. The molecule has 8 heteroatoms. The molecule has 1 atom stereocenters. The van der Waals surface area contributed by atoms with E-state index in [2.05, 4.69) is 10.1 Å². The molecular weight excluding hydrogens is 296 g/mol. The summed E-state index contributed by atoms with van der Waals surface area (Å²) >= 11 is 0. The molecule has 1 rings (SSSR count). The minimum atomic E-state index is -3.25. The first-order valence-electron chi connectivity index (χ1n) is 6.15. The van der Waals surface area contributed by atoms with Gasteiger partial charge in [0.15, 0.2) is 0 Å². The number of benzene rings is 1. The zero-order valence-corrected chi connectivity index (χ0v) is 12.6. The number of carbonyl (C=O) groups is 2. The Labute approximate surface area is 123 Å². The lowest BCUT2D eigenvalue weighted by Crippen LogP contribution is -2.42. The number of ether oxygens (including phenoxy) is 1. The van der Waals surface area contributed by atoms with Gasteiger partial charge in [0.1, 0.15) is 15.9 Å². The summed E-state index contributed by atoms with van der Waals surface area (Å²) in [5.41, 5.74) is 6.27. The van der Waals surface area contributed by atoms with Crippen LogP contribution in [0.4, 0.5) is 5.69 Å². The predicted molar refractivity (Wildman–Crippen MR) is 78.5 cm³/mol. The molecule has 1 aromatic rings. The van der Waals surface area contributed by atoms with Crippen LogP contribution in [-0.4, -0.2) is 45.5 Å². The van der Waals surface area contributed by atoms with Crippen molar-refractivity contribution in [3.63, 3.8) is 0 Å². The van der Waals surface area contributed by atoms with E-state index in [1.54, 1.807) is 12.1 Å². The molecule has 21 heavy (non-hydrogen) atoms. The molecule has 1 amide bonds. The first-order chi connectivity index (χ1) is 9.73. The van der Waals surface area contributed by atoms with Gasteiger partial charge in [-0.05, 0) is 24.6 Å². The molecule has 0 bridgehead atoms. The van der Waals surface area contributed by atoms with Crippen LogP contribution in [0.25, 0.3) is 0 Å². The highest BCUT2D eigenvalue weighted by atomic mass is 32.2. The summed E-state index contributed by atoms with van der Waals surface area (Å²) in [6, 6.07) is 5.20. The van der Waals surface area contributed by atoms with Crippen LogP contribution >= 0.6 is 0 Å². The molecule has 3 N–H and O–H groups in total. The minimum Gasteiger partial charge on any atom is -0.467 e. The van der Waals surface area contributed by atoms with Gasteiger partial charge in [-0.1, -0.05) is 6.07 Å². The maximum Gasteiger partial charge on any atom is 0.328 e. The van der Waals surface area contributed by atoms with Gasteiger partial charge in [0.05, 0.1) is 12.9 Å². The Kier molecular flexibility index (Phi) is 5.71. The van der Waals surface area contributed by atoms with E-state index in [1.165, 1.54) is 19.2 Å². The third-order valence-electron chi connectivity index (χ3n) is 2.72. The summed E-state index contributed by atoms with van der Waals surface area (Å²) < 4.78 is 26.9. The van der Waals surface area contributed by atoms with E-state index in [0.29, 0.717) is 5.69 Å². The van der Waals surface area contributed by atoms with Crippen LogP contribution in [0.15, 0.2) is 24.3 Å². The van der Waals surface area contributed by atoms with Crippen LogP contribution in [-0.2, 0) is 19.4 Å². The average Bonchev–Trinajstić information content (AvgIpc) is 2.41. The van der Waals surface area contributed by atoms with E-state index < -0.39 is 27.8 Å². The van der Waals surface area contributed by atoms with Crippen LogP contribution in [0.1, 0.15) is 16.8 Å². The quantitative estimate of drug-likeness (QED) is 0.563. The van der Waals surface area contributed by atoms with Crippen LogP contribution in [0.3, 0.4) is 0 Å². The van der Waals surface area contributed by atoms with Gasteiger partial charge < -0.3 is 15.8 Å². The van der Waals surface area contributed by atoms with Crippen LogP contribution in [0.2, 0.25) is 0 Å². The van der Waals surface area contributed by atoms with Gasteiger partial charge in [0, 0.05) is 17.5 Å². The van der Waals surface area contributed by atoms with Crippen molar-refractivity contribution in [2.24, 2.45) is 0 Å². The van der Waals surface area contributed by atoms with E-state index in [-0.39, 0.29) is 17.7 Å². The smallest absolute Gasteiger partial charge is 0.328 e. The molecule has 0 heterocycles. The van der Waals surface area contributed by atoms with Gasteiger partial charge in [-0.25, -0.2) is 13.2 Å². The van der Waals surface area contributed by atoms with Gasteiger partial charge in [0.25, 0.3) is 5.91 Å². The molecular formula is C13H18N2O5S. The third-order valence-corrected chi connectivity index (χ3v) is 3.69. The lowest BCUT2D eigenvalue weighted by atomic mass is 10.1. The van der Waals surface area contributed by atoms with Gasteiger partial charge in [-0.2, -0.15) is 0 Å². The fourth-order valence-electron chi connectivity index (χ4n) is 1.64. The minimum absolute atomic E-state index is 0.0560. The number of methoxy groups -OCH3 is 1. The molecule has 116 valence electrons. The first-order valence-corrected chi connectivity index (χ1v) is 8.21. The number of carbonyl (C=O) groups excluding carboxylic acids is 2. The molecule has 0 aliphatic carbocycles. The number of anilines is 1. The number of hydrogen-bond donors (Lipinski definition) is 2. The van der Waals surface area contributed by atoms with Crippen molar-refractivity contribution in [3.05, 3.63) is 29.8 Å². The highest BCUT2D eigenvalue weighted by Gasteiger charge is 2.23. The van der Waals surface area contributed by atoms with Gasteiger partial charge in [0.2, 0.25) is 0 Å². The molecule has 0 spiro atoms. The van der Waals surface area contributed by atoms with Crippen molar-refractivity contribution >= 4 is 27.4 Å². The molecule has 0 fully saturated rings. The Morgan fingerprint density at radius 2 is 2.05 bits per heavy atom. The number of nitrogens with two attached hydrogens (primary N) is 1. The van der Waals surface area contributed by atoms with Crippen molar-refractivity contribution in [2.75, 3.05) is 24.9 Å². The molecule has 0 saturated heterocycles. The van der Waals surface area contributed by atoms with E-state index in [0.717, 1.165) is 6.26 Å². The van der Waals surface area contributed by atoms with Crippen molar-refractivity contribution in [1.29, 1.82) is 0 Å². The predicted octanol–water partition coefficient (Wildman–Crippen LogP) is -0.0251. The van der Waals surface area contributed by atoms with Crippen molar-refractivity contribution in [1.82, 2.24) is 5.32 Å². The molecule has 0 saturated carbocycles. The standard InChI is InChI=1S/C13H18N2O5S/c1-20-13(17)11(6-7-21(2,18)19)15-12(16)9-4-3-5-10(14)8-9/h3-5,8,11H,6-7,14H2,1-2H3,(H,15,16)/t11-/m1/s1.